The molecule has 2 aliphatic heterocycles. The van der Waals surface area contributed by atoms with E-state index in [1.807, 2.05) is 0 Å². The van der Waals surface area contributed by atoms with Crippen LogP contribution in [0.3, 0.4) is 0 Å². The Morgan fingerprint density at radius 2 is 1.11 bits per heavy atom. The van der Waals surface area contributed by atoms with Crippen molar-refractivity contribution in [2.75, 3.05) is 27.8 Å². The van der Waals surface area contributed by atoms with Gasteiger partial charge in [0.1, 0.15) is 0 Å². The summed E-state index contributed by atoms with van der Waals surface area (Å²) in [5.41, 5.74) is -0.511. The van der Waals surface area contributed by atoms with Gasteiger partial charge in [-0.3, -0.25) is 0 Å². The topological polar surface area (TPSA) is 130 Å². The molecule has 0 fully saturated rings. The van der Waals surface area contributed by atoms with E-state index >= 15 is 0 Å². The largest absolute Gasteiger partial charge is 0.493 e. The third-order valence-corrected chi connectivity index (χ3v) is 4.37. The molecule has 0 unspecified atom stereocenters. The van der Waals surface area contributed by atoms with Gasteiger partial charge in [-0.25, -0.2) is 9.59 Å². The van der Waals surface area contributed by atoms with Crippen LogP contribution in [0, 0.1) is 0 Å². The van der Waals surface area contributed by atoms with Gasteiger partial charge in [0.25, 0.3) is 0 Å². The van der Waals surface area contributed by atoms with E-state index in [0.29, 0.717) is 0 Å². The minimum Gasteiger partial charge on any atom is -0.493 e. The fourth-order valence-electron chi connectivity index (χ4n) is 3.21. The lowest BCUT2D eigenvalue weighted by molar-refractivity contribution is 0.0683. The molecule has 0 atom stereocenters. The van der Waals surface area contributed by atoms with Crippen LogP contribution in [0.15, 0.2) is 12.1 Å². The SMILES string of the molecule is COc1cc(C(=O)O)c(-c2c(C(=O)O)cc(OC)c3c2OCO3)c2c1OCO2. The average molecular weight is 390 g/mol. The third-order valence-electron chi connectivity index (χ3n) is 4.37. The van der Waals surface area contributed by atoms with Gasteiger partial charge in [-0.1, -0.05) is 0 Å². The molecule has 0 amide bonds. The monoisotopic (exact) mass is 390 g/mol. The van der Waals surface area contributed by atoms with Crippen LogP contribution in [0.25, 0.3) is 11.1 Å². The molecule has 0 saturated heterocycles. The van der Waals surface area contributed by atoms with E-state index in [9.17, 15) is 19.8 Å². The van der Waals surface area contributed by atoms with Gasteiger partial charge in [-0.05, 0) is 12.1 Å². The van der Waals surface area contributed by atoms with Gasteiger partial charge in [-0.15, -0.1) is 0 Å². The van der Waals surface area contributed by atoms with E-state index < -0.39 is 11.9 Å². The molecular formula is C18H14O10. The number of aromatic carboxylic acids is 2. The van der Waals surface area contributed by atoms with E-state index in [2.05, 4.69) is 0 Å². The number of ether oxygens (including phenoxy) is 6. The quantitative estimate of drug-likeness (QED) is 0.783. The van der Waals surface area contributed by atoms with Crippen LogP contribution in [-0.4, -0.2) is 50.0 Å². The maximum absolute atomic E-state index is 12.0. The van der Waals surface area contributed by atoms with Gasteiger partial charge in [0.2, 0.25) is 25.1 Å². The van der Waals surface area contributed by atoms with E-state index in [1.54, 1.807) is 0 Å². The fraction of sp³-hybridized carbons (Fsp3) is 0.222. The molecule has 0 spiro atoms. The van der Waals surface area contributed by atoms with Crippen LogP contribution >= 0.6 is 0 Å². The summed E-state index contributed by atoms with van der Waals surface area (Å²) in [4.78, 5) is 23.9. The molecule has 2 aromatic rings. The van der Waals surface area contributed by atoms with Crippen molar-refractivity contribution in [1.82, 2.24) is 0 Å². The summed E-state index contributed by atoms with van der Waals surface area (Å²) in [5, 5.41) is 19.5. The van der Waals surface area contributed by atoms with Crippen LogP contribution in [0.5, 0.6) is 34.5 Å². The molecule has 0 bridgehead atoms. The summed E-state index contributed by atoms with van der Waals surface area (Å²) < 4.78 is 32.1. The predicted molar refractivity (Wildman–Crippen MR) is 91.1 cm³/mol. The highest BCUT2D eigenvalue weighted by Crippen LogP contribution is 2.56. The Morgan fingerprint density at radius 3 is 1.43 bits per heavy atom. The number of hydrogen-bond acceptors (Lipinski definition) is 8. The molecule has 0 saturated carbocycles. The number of benzene rings is 2. The lowest BCUT2D eigenvalue weighted by Crippen LogP contribution is -2.07. The highest BCUT2D eigenvalue weighted by Gasteiger charge is 2.37. The summed E-state index contributed by atoms with van der Waals surface area (Å²) in [7, 11) is 2.71. The van der Waals surface area contributed by atoms with E-state index in [4.69, 9.17) is 28.4 Å². The van der Waals surface area contributed by atoms with Crippen molar-refractivity contribution in [1.29, 1.82) is 0 Å². The zero-order chi connectivity index (χ0) is 20.0. The summed E-state index contributed by atoms with van der Waals surface area (Å²) in [6, 6.07) is 2.48. The molecule has 0 aromatic heterocycles. The number of hydrogen-bond donors (Lipinski definition) is 2. The maximum Gasteiger partial charge on any atom is 0.336 e. The van der Waals surface area contributed by atoms with Crippen LogP contribution in [0.1, 0.15) is 20.7 Å². The lowest BCUT2D eigenvalue weighted by Gasteiger charge is -2.17. The van der Waals surface area contributed by atoms with Crippen molar-refractivity contribution in [2.45, 2.75) is 0 Å². The number of rotatable bonds is 5. The zero-order valence-electron chi connectivity index (χ0n) is 14.7. The highest BCUT2D eigenvalue weighted by atomic mass is 16.7. The van der Waals surface area contributed by atoms with Crippen molar-refractivity contribution >= 4 is 11.9 Å². The van der Waals surface area contributed by atoms with Crippen molar-refractivity contribution < 1.29 is 48.2 Å². The minimum atomic E-state index is -1.31. The molecule has 0 radical (unpaired) electrons. The fourth-order valence-corrected chi connectivity index (χ4v) is 3.21. The lowest BCUT2D eigenvalue weighted by atomic mass is 9.92. The summed E-state index contributed by atoms with van der Waals surface area (Å²) >= 11 is 0. The molecule has 2 aliphatic rings. The second-order valence-corrected chi connectivity index (χ2v) is 5.74. The first kappa shape index (κ1) is 17.6. The molecule has 2 aromatic carbocycles. The molecule has 4 rings (SSSR count). The first-order valence-electron chi connectivity index (χ1n) is 7.96. The Hall–Kier alpha value is -3.82. The van der Waals surface area contributed by atoms with Gasteiger partial charge in [0.05, 0.1) is 25.3 Å². The van der Waals surface area contributed by atoms with E-state index in [1.165, 1.54) is 26.4 Å². The molecule has 10 heteroatoms. The van der Waals surface area contributed by atoms with Crippen molar-refractivity contribution in [3.8, 4) is 45.6 Å². The number of carboxylic acids is 2. The Balaban J connectivity index is 2.14. The first-order valence-corrected chi connectivity index (χ1v) is 7.96. The van der Waals surface area contributed by atoms with Crippen LogP contribution < -0.4 is 28.4 Å². The van der Waals surface area contributed by atoms with Crippen LogP contribution in [-0.2, 0) is 0 Å². The van der Waals surface area contributed by atoms with Crippen LogP contribution in [0.4, 0.5) is 0 Å². The number of carboxylic acid groups (broad SMARTS) is 2. The normalized spacial score (nSPS) is 13.4. The Labute approximate surface area is 157 Å². The standard InChI is InChI=1S/C18H14O10/c1-23-9-3-7(17(19)20)11(15-13(9)25-5-27-15)12-8(18(21)22)4-10(24-2)14-16(12)28-6-26-14/h3-4H,5-6H2,1-2H3,(H,19,20)(H,21,22). The van der Waals surface area contributed by atoms with Gasteiger partial charge in [-0.2, -0.15) is 0 Å². The van der Waals surface area contributed by atoms with Crippen molar-refractivity contribution in [3.05, 3.63) is 23.3 Å². The third kappa shape index (κ3) is 2.42. The second-order valence-electron chi connectivity index (χ2n) is 5.74. The molecule has 2 N–H and O–H groups in total. The van der Waals surface area contributed by atoms with E-state index in [0.717, 1.165) is 0 Å². The summed E-state index contributed by atoms with van der Waals surface area (Å²) in [5.74, 6) is -1.91. The first-order chi connectivity index (χ1) is 13.5. The minimum absolute atomic E-state index is 0.0115. The zero-order valence-corrected chi connectivity index (χ0v) is 14.7. The molecule has 28 heavy (non-hydrogen) atoms. The summed E-state index contributed by atoms with van der Waals surface area (Å²) in [6.45, 7) is -0.361. The average Bonchev–Trinajstić information content (AvgIpc) is 3.34. The Morgan fingerprint density at radius 1 is 0.750 bits per heavy atom. The van der Waals surface area contributed by atoms with Gasteiger partial charge in [0.15, 0.2) is 23.0 Å². The molecule has 10 nitrogen and oxygen atoms in total. The van der Waals surface area contributed by atoms with Gasteiger partial charge in [0, 0.05) is 11.1 Å². The molecular weight excluding hydrogens is 376 g/mol. The van der Waals surface area contributed by atoms with Crippen molar-refractivity contribution in [3.63, 3.8) is 0 Å². The summed E-state index contributed by atoms with van der Waals surface area (Å²) in [6.07, 6.45) is 0. The van der Waals surface area contributed by atoms with Crippen molar-refractivity contribution in [2.24, 2.45) is 0 Å². The smallest absolute Gasteiger partial charge is 0.336 e. The molecule has 2 heterocycles. The molecule has 146 valence electrons. The second kappa shape index (κ2) is 6.41. The predicted octanol–water partition coefficient (Wildman–Crippen LogP) is 2.22. The Bertz CT molecular complexity index is 929. The maximum atomic E-state index is 12.0. The number of fused-ring (bicyclic) bond motifs is 2. The van der Waals surface area contributed by atoms with Gasteiger partial charge < -0.3 is 38.6 Å². The van der Waals surface area contributed by atoms with Gasteiger partial charge >= 0.3 is 11.9 Å². The number of carbonyl (C=O) groups is 2. The highest BCUT2D eigenvalue weighted by molar-refractivity contribution is 6.07. The van der Waals surface area contributed by atoms with E-state index in [-0.39, 0.29) is 70.3 Å². The number of methoxy groups -OCH3 is 2. The van der Waals surface area contributed by atoms with Crippen LogP contribution in [0.2, 0.25) is 0 Å². The Kier molecular flexibility index (Phi) is 4.03. The molecule has 0 aliphatic carbocycles.